The van der Waals surface area contributed by atoms with Gasteiger partial charge in [0.15, 0.2) is 6.61 Å². The second-order valence-electron chi connectivity index (χ2n) is 8.85. The van der Waals surface area contributed by atoms with Crippen LogP contribution in [0.3, 0.4) is 0 Å². The lowest BCUT2D eigenvalue weighted by molar-refractivity contribution is -0.122. The van der Waals surface area contributed by atoms with Gasteiger partial charge in [-0.3, -0.25) is 19.3 Å². The minimum Gasteiger partial charge on any atom is -0.452 e. The second-order valence-corrected chi connectivity index (χ2v) is 10.1. The minimum absolute atomic E-state index is 0.169. The van der Waals surface area contributed by atoms with Crippen LogP contribution in [0, 0.1) is 24.7 Å². The molecule has 9 heteroatoms. The van der Waals surface area contributed by atoms with Gasteiger partial charge in [0.25, 0.3) is 5.91 Å². The lowest BCUT2D eigenvalue weighted by atomic mass is 9.76. The summed E-state index contributed by atoms with van der Waals surface area (Å²) in [5.41, 5.74) is 1.86. The van der Waals surface area contributed by atoms with E-state index in [4.69, 9.17) is 16.3 Å². The Morgan fingerprint density at radius 2 is 1.76 bits per heavy atom. The van der Waals surface area contributed by atoms with Crippen molar-refractivity contribution in [3.05, 3.63) is 57.0 Å². The van der Waals surface area contributed by atoms with Crippen LogP contribution in [0.4, 0.5) is 11.4 Å². The highest BCUT2D eigenvalue weighted by Crippen LogP contribution is 2.42. The first-order valence-corrected chi connectivity index (χ1v) is 12.2. The highest BCUT2D eigenvalue weighted by Gasteiger charge is 2.49. The number of hydrogen-bond acceptors (Lipinski definition) is 5. The molecule has 4 rings (SSSR count). The first-order chi connectivity index (χ1) is 16.2. The van der Waals surface area contributed by atoms with Gasteiger partial charge in [0.05, 0.1) is 28.1 Å². The third-order valence-corrected chi connectivity index (χ3v) is 7.87. The monoisotopic (exact) mass is 546 g/mol. The summed E-state index contributed by atoms with van der Waals surface area (Å²) in [6.07, 6.45) is 2.40. The zero-order chi connectivity index (χ0) is 24.6. The SMILES string of the molecule is Cc1c(NC(=O)COC(=O)c2ccc(N3C(=O)[C@H]4C[C@@H](C)CC[C@H]4C3=O)cc2)ccc(Br)c1Cl. The Morgan fingerprint density at radius 3 is 2.47 bits per heavy atom. The predicted molar refractivity (Wildman–Crippen MR) is 132 cm³/mol. The zero-order valence-corrected chi connectivity index (χ0v) is 21.1. The molecule has 3 atom stereocenters. The molecule has 2 aromatic rings. The van der Waals surface area contributed by atoms with Gasteiger partial charge in [-0.1, -0.05) is 18.5 Å². The van der Waals surface area contributed by atoms with Crippen LogP contribution in [0.2, 0.25) is 5.02 Å². The van der Waals surface area contributed by atoms with Crippen molar-refractivity contribution in [2.24, 2.45) is 17.8 Å². The van der Waals surface area contributed by atoms with Crippen molar-refractivity contribution in [2.75, 3.05) is 16.8 Å². The van der Waals surface area contributed by atoms with Crippen LogP contribution in [-0.2, 0) is 19.1 Å². The summed E-state index contributed by atoms with van der Waals surface area (Å²) in [7, 11) is 0. The number of imide groups is 1. The zero-order valence-electron chi connectivity index (χ0n) is 18.8. The van der Waals surface area contributed by atoms with Crippen molar-refractivity contribution in [3.63, 3.8) is 0 Å². The number of benzene rings is 2. The molecular formula is C25H24BrClN2O5. The molecular weight excluding hydrogens is 524 g/mol. The molecule has 1 saturated carbocycles. The smallest absolute Gasteiger partial charge is 0.338 e. The van der Waals surface area contributed by atoms with E-state index in [-0.39, 0.29) is 29.2 Å². The first-order valence-electron chi connectivity index (χ1n) is 11.1. The fourth-order valence-electron chi connectivity index (χ4n) is 4.58. The molecule has 1 heterocycles. The van der Waals surface area contributed by atoms with Crippen LogP contribution in [0.15, 0.2) is 40.9 Å². The highest BCUT2D eigenvalue weighted by molar-refractivity contribution is 9.10. The van der Waals surface area contributed by atoms with Gasteiger partial charge in [0.2, 0.25) is 11.8 Å². The molecule has 0 unspecified atom stereocenters. The maximum atomic E-state index is 12.9. The van der Waals surface area contributed by atoms with Crippen LogP contribution in [0.25, 0.3) is 0 Å². The summed E-state index contributed by atoms with van der Waals surface area (Å²) in [5.74, 6) is -1.61. The summed E-state index contributed by atoms with van der Waals surface area (Å²) in [6, 6.07) is 9.49. The number of carbonyl (C=O) groups excluding carboxylic acids is 4. The van der Waals surface area contributed by atoms with Crippen molar-refractivity contribution in [1.82, 2.24) is 0 Å². The molecule has 0 radical (unpaired) electrons. The molecule has 2 aromatic carbocycles. The van der Waals surface area contributed by atoms with Gasteiger partial charge in [-0.2, -0.15) is 0 Å². The Balaban J connectivity index is 1.36. The van der Waals surface area contributed by atoms with Crippen LogP contribution in [0.1, 0.15) is 42.1 Å². The maximum absolute atomic E-state index is 12.9. The van der Waals surface area contributed by atoms with E-state index in [0.717, 1.165) is 19.3 Å². The molecule has 1 aliphatic heterocycles. The molecule has 0 aromatic heterocycles. The minimum atomic E-state index is -0.686. The molecule has 0 spiro atoms. The van der Waals surface area contributed by atoms with E-state index in [0.29, 0.717) is 32.4 Å². The lowest BCUT2D eigenvalue weighted by Gasteiger charge is -2.25. The van der Waals surface area contributed by atoms with E-state index < -0.39 is 18.5 Å². The number of carbonyl (C=O) groups is 4. The predicted octanol–water partition coefficient (Wildman–Crippen LogP) is 5.13. The van der Waals surface area contributed by atoms with Gasteiger partial charge < -0.3 is 10.1 Å². The van der Waals surface area contributed by atoms with Gasteiger partial charge in [0.1, 0.15) is 0 Å². The first kappa shape index (κ1) is 24.4. The van der Waals surface area contributed by atoms with Gasteiger partial charge in [-0.25, -0.2) is 4.79 Å². The van der Waals surface area contributed by atoms with E-state index >= 15 is 0 Å². The van der Waals surface area contributed by atoms with Crippen molar-refractivity contribution < 1.29 is 23.9 Å². The van der Waals surface area contributed by atoms with Gasteiger partial charge >= 0.3 is 5.97 Å². The highest BCUT2D eigenvalue weighted by atomic mass is 79.9. The number of ether oxygens (including phenoxy) is 1. The quantitative estimate of drug-likeness (QED) is 0.414. The fourth-order valence-corrected chi connectivity index (χ4v) is 5.17. The number of nitrogens with zero attached hydrogens (tertiary/aromatic N) is 1. The van der Waals surface area contributed by atoms with Crippen LogP contribution in [-0.4, -0.2) is 30.3 Å². The van der Waals surface area contributed by atoms with Gasteiger partial charge in [-0.15, -0.1) is 0 Å². The Bertz CT molecular complexity index is 1170. The largest absolute Gasteiger partial charge is 0.452 e. The van der Waals surface area contributed by atoms with Crippen molar-refractivity contribution in [3.8, 4) is 0 Å². The maximum Gasteiger partial charge on any atom is 0.338 e. The molecule has 7 nitrogen and oxygen atoms in total. The van der Waals surface area contributed by atoms with E-state index in [1.54, 1.807) is 31.2 Å². The summed E-state index contributed by atoms with van der Waals surface area (Å²) in [5, 5.41) is 3.15. The Kier molecular flexibility index (Phi) is 7.09. The van der Waals surface area contributed by atoms with Crippen LogP contribution >= 0.6 is 27.5 Å². The third-order valence-electron chi connectivity index (χ3n) is 6.50. The Morgan fingerprint density at radius 1 is 1.09 bits per heavy atom. The number of esters is 1. The molecule has 1 aliphatic carbocycles. The Hall–Kier alpha value is -2.71. The van der Waals surface area contributed by atoms with E-state index in [1.165, 1.54) is 17.0 Å². The number of hydrogen-bond donors (Lipinski definition) is 1. The summed E-state index contributed by atoms with van der Waals surface area (Å²) < 4.78 is 5.82. The Labute approximate surface area is 210 Å². The number of halogens is 2. The number of fused-ring (bicyclic) bond motifs is 1. The molecule has 2 fully saturated rings. The standard InChI is InChI=1S/C25H24BrClN2O5/c1-13-3-8-17-18(11-13)24(32)29(23(17)31)16-6-4-15(5-7-16)25(33)34-12-21(30)28-20-10-9-19(26)22(27)14(20)2/h4-7,9-10,13,17-18H,3,8,11-12H2,1-2H3,(H,28,30)/t13-,17+,18-/m0/s1. The molecule has 34 heavy (non-hydrogen) atoms. The van der Waals surface area contributed by atoms with Gasteiger partial charge in [-0.05, 0) is 90.0 Å². The topological polar surface area (TPSA) is 92.8 Å². The number of rotatable bonds is 5. The molecule has 1 N–H and O–H groups in total. The molecule has 0 bridgehead atoms. The average Bonchev–Trinajstić information content (AvgIpc) is 3.07. The van der Waals surface area contributed by atoms with E-state index in [1.807, 2.05) is 0 Å². The average molecular weight is 548 g/mol. The third kappa shape index (κ3) is 4.74. The molecule has 178 valence electrons. The second kappa shape index (κ2) is 9.88. The van der Waals surface area contributed by atoms with E-state index in [9.17, 15) is 19.2 Å². The summed E-state index contributed by atoms with van der Waals surface area (Å²) in [4.78, 5) is 51.5. The molecule has 2 aliphatic rings. The number of nitrogens with one attached hydrogen (secondary N) is 1. The summed E-state index contributed by atoms with van der Waals surface area (Å²) in [6.45, 7) is 3.40. The van der Waals surface area contributed by atoms with Crippen LogP contribution < -0.4 is 10.2 Å². The number of amides is 3. The normalized spacial score (nSPS) is 21.9. The van der Waals surface area contributed by atoms with Crippen molar-refractivity contribution in [1.29, 1.82) is 0 Å². The summed E-state index contributed by atoms with van der Waals surface area (Å²) >= 11 is 9.48. The van der Waals surface area contributed by atoms with E-state index in [2.05, 4.69) is 28.2 Å². The fraction of sp³-hybridized carbons (Fsp3) is 0.360. The lowest BCUT2D eigenvalue weighted by Crippen LogP contribution is -2.30. The van der Waals surface area contributed by atoms with Crippen molar-refractivity contribution >= 4 is 62.6 Å². The van der Waals surface area contributed by atoms with Crippen molar-refractivity contribution in [2.45, 2.75) is 33.1 Å². The molecule has 1 saturated heterocycles. The van der Waals surface area contributed by atoms with Crippen LogP contribution in [0.5, 0.6) is 0 Å². The number of anilines is 2. The molecule has 3 amide bonds. The van der Waals surface area contributed by atoms with Gasteiger partial charge in [0, 0.05) is 10.2 Å².